The number of aromatic nitrogens is 3. The van der Waals surface area contributed by atoms with Crippen LogP contribution in [0.5, 0.6) is 0 Å². The molecule has 0 aliphatic carbocycles. The minimum Gasteiger partial charge on any atom is -0.378 e. The van der Waals surface area contributed by atoms with Gasteiger partial charge in [0.25, 0.3) is 0 Å². The van der Waals surface area contributed by atoms with E-state index in [1.807, 2.05) is 19.3 Å². The summed E-state index contributed by atoms with van der Waals surface area (Å²) in [6.45, 7) is 2.91. The van der Waals surface area contributed by atoms with Crippen LogP contribution in [0, 0.1) is 5.82 Å². The number of halogens is 1. The SMILES string of the molecule is Cn1ccc2c3nc(-c4cccc(F)c4)nc(N4CCOCC4)c3ccc21. The van der Waals surface area contributed by atoms with Crippen LogP contribution < -0.4 is 4.90 Å². The lowest BCUT2D eigenvalue weighted by Gasteiger charge is -2.29. The maximum atomic E-state index is 13.8. The maximum absolute atomic E-state index is 13.8. The van der Waals surface area contributed by atoms with Crippen LogP contribution in [-0.4, -0.2) is 40.8 Å². The van der Waals surface area contributed by atoms with Crippen molar-refractivity contribution in [3.05, 3.63) is 54.5 Å². The molecule has 136 valence electrons. The zero-order valence-corrected chi connectivity index (χ0v) is 15.0. The molecule has 0 amide bonds. The highest BCUT2D eigenvalue weighted by Crippen LogP contribution is 2.33. The van der Waals surface area contributed by atoms with Gasteiger partial charge in [-0.05, 0) is 30.3 Å². The number of anilines is 1. The van der Waals surface area contributed by atoms with Gasteiger partial charge in [-0.1, -0.05) is 12.1 Å². The monoisotopic (exact) mass is 362 g/mol. The molecule has 2 aromatic carbocycles. The van der Waals surface area contributed by atoms with Crippen molar-refractivity contribution in [3.8, 4) is 11.4 Å². The quantitative estimate of drug-likeness (QED) is 0.545. The van der Waals surface area contributed by atoms with Gasteiger partial charge in [0.2, 0.25) is 0 Å². The molecule has 0 bridgehead atoms. The molecule has 0 spiro atoms. The Labute approximate surface area is 156 Å². The summed E-state index contributed by atoms with van der Waals surface area (Å²) in [6.07, 6.45) is 2.03. The molecule has 5 rings (SSSR count). The molecule has 1 saturated heterocycles. The summed E-state index contributed by atoms with van der Waals surface area (Å²) in [7, 11) is 2.02. The molecule has 5 nitrogen and oxygen atoms in total. The van der Waals surface area contributed by atoms with Gasteiger partial charge in [0.1, 0.15) is 11.6 Å². The molecule has 27 heavy (non-hydrogen) atoms. The first-order chi connectivity index (χ1) is 13.2. The fourth-order valence-electron chi connectivity index (χ4n) is 3.70. The minimum absolute atomic E-state index is 0.290. The number of nitrogens with zero attached hydrogens (tertiary/aromatic N) is 4. The molecule has 0 saturated carbocycles. The lowest BCUT2D eigenvalue weighted by molar-refractivity contribution is 0.122. The van der Waals surface area contributed by atoms with Crippen molar-refractivity contribution in [1.29, 1.82) is 0 Å². The Bertz CT molecular complexity index is 1150. The highest BCUT2D eigenvalue weighted by Gasteiger charge is 2.19. The molecule has 6 heteroatoms. The Hall–Kier alpha value is -2.99. The van der Waals surface area contributed by atoms with Gasteiger partial charge in [0.05, 0.1) is 18.7 Å². The lowest BCUT2D eigenvalue weighted by Crippen LogP contribution is -2.37. The summed E-state index contributed by atoms with van der Waals surface area (Å²) in [6, 6.07) is 12.7. The first-order valence-electron chi connectivity index (χ1n) is 9.05. The average molecular weight is 362 g/mol. The van der Waals surface area contributed by atoms with Crippen LogP contribution in [0.15, 0.2) is 48.7 Å². The number of fused-ring (bicyclic) bond motifs is 3. The molecule has 4 aromatic rings. The second-order valence-corrected chi connectivity index (χ2v) is 6.80. The van der Waals surface area contributed by atoms with E-state index >= 15 is 0 Å². The van der Waals surface area contributed by atoms with E-state index in [1.54, 1.807) is 6.07 Å². The van der Waals surface area contributed by atoms with E-state index < -0.39 is 0 Å². The molecule has 0 radical (unpaired) electrons. The first kappa shape index (κ1) is 16.2. The van der Waals surface area contributed by atoms with Crippen molar-refractivity contribution in [2.75, 3.05) is 31.2 Å². The Morgan fingerprint density at radius 3 is 2.67 bits per heavy atom. The second kappa shape index (κ2) is 6.32. The van der Waals surface area contributed by atoms with E-state index in [2.05, 4.69) is 27.7 Å². The van der Waals surface area contributed by atoms with Crippen LogP contribution in [0.4, 0.5) is 10.2 Å². The number of hydrogen-bond acceptors (Lipinski definition) is 4. The highest BCUT2D eigenvalue weighted by molar-refractivity contribution is 6.08. The van der Waals surface area contributed by atoms with Crippen molar-refractivity contribution in [2.24, 2.45) is 7.05 Å². The Morgan fingerprint density at radius 1 is 1.00 bits per heavy atom. The number of hydrogen-bond donors (Lipinski definition) is 0. The van der Waals surface area contributed by atoms with Crippen LogP contribution in [-0.2, 0) is 11.8 Å². The number of aryl methyl sites for hydroxylation is 1. The van der Waals surface area contributed by atoms with E-state index in [4.69, 9.17) is 14.7 Å². The molecule has 0 unspecified atom stereocenters. The predicted molar refractivity (Wildman–Crippen MR) is 104 cm³/mol. The standard InChI is InChI=1S/C21H19FN4O/c1-25-8-7-16-18(25)6-5-17-19(16)23-20(14-3-2-4-15(22)13-14)24-21(17)26-9-11-27-12-10-26/h2-8,13H,9-12H2,1H3. The van der Waals surface area contributed by atoms with Crippen LogP contribution in [0.1, 0.15) is 0 Å². The van der Waals surface area contributed by atoms with Crippen molar-refractivity contribution in [2.45, 2.75) is 0 Å². The second-order valence-electron chi connectivity index (χ2n) is 6.80. The van der Waals surface area contributed by atoms with Gasteiger partial charge in [-0.3, -0.25) is 0 Å². The summed E-state index contributed by atoms with van der Waals surface area (Å²) in [5.41, 5.74) is 2.68. The van der Waals surface area contributed by atoms with Gasteiger partial charge in [0, 0.05) is 48.2 Å². The lowest BCUT2D eigenvalue weighted by atomic mass is 10.1. The molecule has 0 atom stereocenters. The molecule has 1 aliphatic heterocycles. The predicted octanol–water partition coefficient (Wildman–Crippen LogP) is 3.76. The summed E-state index contributed by atoms with van der Waals surface area (Å²) in [4.78, 5) is 11.9. The van der Waals surface area contributed by atoms with Crippen LogP contribution in [0.2, 0.25) is 0 Å². The van der Waals surface area contributed by atoms with Crippen molar-refractivity contribution in [3.63, 3.8) is 0 Å². The van der Waals surface area contributed by atoms with Gasteiger partial charge in [-0.25, -0.2) is 14.4 Å². The third-order valence-electron chi connectivity index (χ3n) is 5.10. The normalized spacial score (nSPS) is 15.0. The van der Waals surface area contributed by atoms with E-state index in [0.29, 0.717) is 24.6 Å². The molecular weight excluding hydrogens is 343 g/mol. The summed E-state index contributed by atoms with van der Waals surface area (Å²) in [5, 5.41) is 2.08. The van der Waals surface area contributed by atoms with Crippen LogP contribution in [0.25, 0.3) is 33.2 Å². The average Bonchev–Trinajstić information content (AvgIpc) is 3.09. The zero-order chi connectivity index (χ0) is 18.4. The maximum Gasteiger partial charge on any atom is 0.162 e. The fraction of sp³-hybridized carbons (Fsp3) is 0.238. The number of morpholine rings is 1. The smallest absolute Gasteiger partial charge is 0.162 e. The van der Waals surface area contributed by atoms with Crippen molar-refractivity contribution >= 4 is 27.6 Å². The van der Waals surface area contributed by atoms with Gasteiger partial charge in [0.15, 0.2) is 5.82 Å². The van der Waals surface area contributed by atoms with E-state index in [9.17, 15) is 4.39 Å². The first-order valence-corrected chi connectivity index (χ1v) is 9.05. The largest absolute Gasteiger partial charge is 0.378 e. The van der Waals surface area contributed by atoms with E-state index in [1.165, 1.54) is 12.1 Å². The van der Waals surface area contributed by atoms with Gasteiger partial charge >= 0.3 is 0 Å². The molecule has 2 aromatic heterocycles. The summed E-state index contributed by atoms with van der Waals surface area (Å²) in [5.74, 6) is 1.13. The highest BCUT2D eigenvalue weighted by atomic mass is 19.1. The fourth-order valence-corrected chi connectivity index (χ4v) is 3.70. The van der Waals surface area contributed by atoms with Gasteiger partial charge in [-0.15, -0.1) is 0 Å². The van der Waals surface area contributed by atoms with Crippen molar-refractivity contribution < 1.29 is 9.13 Å². The molecule has 1 aliphatic rings. The summed E-state index contributed by atoms with van der Waals surface area (Å²) >= 11 is 0. The summed E-state index contributed by atoms with van der Waals surface area (Å²) < 4.78 is 21.4. The van der Waals surface area contributed by atoms with Crippen molar-refractivity contribution in [1.82, 2.24) is 14.5 Å². The Balaban J connectivity index is 1.81. The minimum atomic E-state index is -0.290. The van der Waals surface area contributed by atoms with E-state index in [0.717, 1.165) is 40.7 Å². The molecule has 0 N–H and O–H groups in total. The van der Waals surface area contributed by atoms with Crippen LogP contribution in [0.3, 0.4) is 0 Å². The topological polar surface area (TPSA) is 43.2 Å². The third-order valence-corrected chi connectivity index (χ3v) is 5.10. The number of rotatable bonds is 2. The zero-order valence-electron chi connectivity index (χ0n) is 15.0. The number of ether oxygens (including phenoxy) is 1. The van der Waals surface area contributed by atoms with Crippen LogP contribution >= 0.6 is 0 Å². The molecule has 3 heterocycles. The van der Waals surface area contributed by atoms with Gasteiger partial charge < -0.3 is 14.2 Å². The molecular formula is C21H19FN4O. The third kappa shape index (κ3) is 2.73. The van der Waals surface area contributed by atoms with E-state index in [-0.39, 0.29) is 5.82 Å². The number of benzene rings is 2. The molecule has 1 fully saturated rings. The van der Waals surface area contributed by atoms with Gasteiger partial charge in [-0.2, -0.15) is 0 Å². The Kier molecular flexibility index (Phi) is 3.79. The Morgan fingerprint density at radius 2 is 1.85 bits per heavy atom.